The van der Waals surface area contributed by atoms with Gasteiger partial charge in [0.15, 0.2) is 0 Å². The summed E-state index contributed by atoms with van der Waals surface area (Å²) in [7, 11) is 0. The minimum absolute atomic E-state index is 0.217. The van der Waals surface area contributed by atoms with E-state index in [0.717, 1.165) is 11.3 Å². The van der Waals surface area contributed by atoms with E-state index in [-0.39, 0.29) is 11.4 Å². The van der Waals surface area contributed by atoms with Crippen molar-refractivity contribution < 1.29 is 5.11 Å². The topological polar surface area (TPSA) is 59.1 Å². The third kappa shape index (κ3) is 3.20. The van der Waals surface area contributed by atoms with Gasteiger partial charge < -0.3 is 10.8 Å². The molecule has 1 aromatic rings. The molecular formula is C10H16N2OS. The second-order valence-corrected chi connectivity index (χ2v) is 4.67. The summed E-state index contributed by atoms with van der Waals surface area (Å²) in [6, 6.07) is 3.84. The average Bonchev–Trinajstić information content (AvgIpc) is 2.16. The summed E-state index contributed by atoms with van der Waals surface area (Å²) in [5.74, 6) is 1.38. The van der Waals surface area contributed by atoms with E-state index < -0.39 is 0 Å². The van der Waals surface area contributed by atoms with Crippen molar-refractivity contribution in [3.63, 3.8) is 0 Å². The molecule has 4 heteroatoms. The Balaban J connectivity index is 2.50. The summed E-state index contributed by atoms with van der Waals surface area (Å²) in [6.07, 6.45) is 1.39. The Labute approximate surface area is 88.7 Å². The summed E-state index contributed by atoms with van der Waals surface area (Å²) in [5, 5.41) is 9.52. The Kier molecular flexibility index (Phi) is 4.22. The van der Waals surface area contributed by atoms with Crippen LogP contribution >= 0.6 is 11.8 Å². The summed E-state index contributed by atoms with van der Waals surface area (Å²) in [5.41, 5.74) is 6.73. The number of aliphatic hydroxyl groups excluding tert-OH is 1. The van der Waals surface area contributed by atoms with E-state index in [2.05, 4.69) is 4.98 Å². The molecule has 2 atom stereocenters. The van der Waals surface area contributed by atoms with Crippen LogP contribution in [0.4, 0.5) is 5.82 Å². The van der Waals surface area contributed by atoms with Crippen LogP contribution in [0.1, 0.15) is 19.4 Å². The molecule has 0 amide bonds. The molecule has 1 aromatic heterocycles. The van der Waals surface area contributed by atoms with Gasteiger partial charge in [-0.25, -0.2) is 4.98 Å². The average molecular weight is 212 g/mol. The molecule has 0 bridgehead atoms. The molecule has 0 spiro atoms. The lowest BCUT2D eigenvalue weighted by molar-refractivity contribution is 0.196. The molecule has 0 saturated carbocycles. The van der Waals surface area contributed by atoms with Crippen LogP contribution in [-0.4, -0.2) is 21.4 Å². The van der Waals surface area contributed by atoms with Gasteiger partial charge in [-0.15, -0.1) is 0 Å². The molecule has 2 unspecified atom stereocenters. The van der Waals surface area contributed by atoms with Gasteiger partial charge in [-0.3, -0.25) is 0 Å². The number of nitrogen functional groups attached to an aromatic ring is 1. The van der Waals surface area contributed by atoms with E-state index in [1.165, 1.54) is 0 Å². The molecule has 3 N–H and O–H groups in total. The molecule has 3 nitrogen and oxygen atoms in total. The van der Waals surface area contributed by atoms with Crippen molar-refractivity contribution in [2.75, 3.05) is 5.73 Å². The lowest BCUT2D eigenvalue weighted by Gasteiger charge is -2.14. The van der Waals surface area contributed by atoms with Crippen molar-refractivity contribution in [3.8, 4) is 0 Å². The van der Waals surface area contributed by atoms with Crippen LogP contribution in [0.3, 0.4) is 0 Å². The second kappa shape index (κ2) is 5.22. The highest BCUT2D eigenvalue weighted by Crippen LogP contribution is 2.22. The molecule has 0 aromatic carbocycles. The Morgan fingerprint density at radius 2 is 2.29 bits per heavy atom. The van der Waals surface area contributed by atoms with E-state index in [4.69, 9.17) is 5.73 Å². The molecule has 78 valence electrons. The molecule has 14 heavy (non-hydrogen) atoms. The molecular weight excluding hydrogens is 196 g/mol. The lowest BCUT2D eigenvalue weighted by atomic mass is 10.3. The van der Waals surface area contributed by atoms with Crippen LogP contribution in [0, 0.1) is 0 Å². The summed E-state index contributed by atoms with van der Waals surface area (Å²) in [4.78, 5) is 4.00. The van der Waals surface area contributed by atoms with E-state index in [0.29, 0.717) is 5.82 Å². The van der Waals surface area contributed by atoms with Gasteiger partial charge in [0.25, 0.3) is 0 Å². The fourth-order valence-corrected chi connectivity index (χ4v) is 1.90. The monoisotopic (exact) mass is 212 g/mol. The third-order valence-corrected chi connectivity index (χ3v) is 3.50. The van der Waals surface area contributed by atoms with Gasteiger partial charge in [-0.2, -0.15) is 11.8 Å². The normalized spacial score (nSPS) is 15.1. The first kappa shape index (κ1) is 11.3. The Bertz CT molecular complexity index is 291. The van der Waals surface area contributed by atoms with Gasteiger partial charge in [0.05, 0.1) is 6.10 Å². The van der Waals surface area contributed by atoms with E-state index in [1.54, 1.807) is 24.9 Å². The highest BCUT2D eigenvalue weighted by Gasteiger charge is 2.09. The van der Waals surface area contributed by atoms with E-state index in [9.17, 15) is 5.11 Å². The Hall–Kier alpha value is -0.740. The molecule has 1 heterocycles. The van der Waals surface area contributed by atoms with Crippen molar-refractivity contribution in [3.05, 3.63) is 23.9 Å². The number of pyridine rings is 1. The molecule has 0 radical (unpaired) electrons. The number of anilines is 1. The molecule has 0 aliphatic carbocycles. The first-order chi connectivity index (χ1) is 6.61. The van der Waals surface area contributed by atoms with Crippen molar-refractivity contribution in [1.82, 2.24) is 4.98 Å². The van der Waals surface area contributed by atoms with Crippen LogP contribution < -0.4 is 5.73 Å². The van der Waals surface area contributed by atoms with Gasteiger partial charge in [0.2, 0.25) is 0 Å². The molecule has 0 aliphatic heterocycles. The number of nitrogens with two attached hydrogens (primary N) is 1. The highest BCUT2D eigenvalue weighted by molar-refractivity contribution is 7.99. The van der Waals surface area contributed by atoms with Crippen molar-refractivity contribution in [2.45, 2.75) is 31.0 Å². The zero-order valence-corrected chi connectivity index (χ0v) is 9.29. The summed E-state index contributed by atoms with van der Waals surface area (Å²) in [6.45, 7) is 3.80. The zero-order valence-electron chi connectivity index (χ0n) is 8.47. The fraction of sp³-hybridized carbons (Fsp3) is 0.500. The quantitative estimate of drug-likeness (QED) is 0.797. The van der Waals surface area contributed by atoms with Crippen molar-refractivity contribution in [2.24, 2.45) is 0 Å². The maximum atomic E-state index is 9.30. The fourth-order valence-electron chi connectivity index (χ4n) is 0.933. The Morgan fingerprint density at radius 3 is 2.86 bits per heavy atom. The first-order valence-electron chi connectivity index (χ1n) is 4.60. The van der Waals surface area contributed by atoms with Crippen LogP contribution in [0.25, 0.3) is 0 Å². The number of hydrogen-bond acceptors (Lipinski definition) is 4. The van der Waals surface area contributed by atoms with E-state index in [1.807, 2.05) is 19.1 Å². The number of nitrogens with zero attached hydrogens (tertiary/aromatic N) is 1. The summed E-state index contributed by atoms with van der Waals surface area (Å²) < 4.78 is 0. The second-order valence-electron chi connectivity index (χ2n) is 3.30. The number of hydrogen-bond donors (Lipinski definition) is 2. The SMILES string of the molecule is CC(O)C(C)SCc1cccnc1N. The smallest absolute Gasteiger partial charge is 0.127 e. The van der Waals surface area contributed by atoms with Gasteiger partial charge >= 0.3 is 0 Å². The van der Waals surface area contributed by atoms with Gasteiger partial charge in [-0.05, 0) is 13.0 Å². The van der Waals surface area contributed by atoms with Crippen LogP contribution in [0.5, 0.6) is 0 Å². The minimum Gasteiger partial charge on any atom is -0.392 e. The van der Waals surface area contributed by atoms with Crippen molar-refractivity contribution in [1.29, 1.82) is 0 Å². The minimum atomic E-state index is -0.294. The van der Waals surface area contributed by atoms with Gasteiger partial charge in [0.1, 0.15) is 5.82 Å². The standard InChI is InChI=1S/C10H16N2OS/c1-7(13)8(2)14-6-9-4-3-5-12-10(9)11/h3-5,7-8,13H,6H2,1-2H3,(H2,11,12). The van der Waals surface area contributed by atoms with Gasteiger partial charge in [-0.1, -0.05) is 13.0 Å². The summed E-state index contributed by atoms with van der Waals surface area (Å²) >= 11 is 1.68. The van der Waals surface area contributed by atoms with E-state index >= 15 is 0 Å². The zero-order chi connectivity index (χ0) is 10.6. The molecule has 0 fully saturated rings. The number of aliphatic hydroxyl groups is 1. The molecule has 1 rings (SSSR count). The number of aromatic nitrogens is 1. The van der Waals surface area contributed by atoms with Crippen LogP contribution in [-0.2, 0) is 5.75 Å². The Morgan fingerprint density at radius 1 is 1.57 bits per heavy atom. The predicted molar refractivity (Wildman–Crippen MR) is 61.1 cm³/mol. The maximum absolute atomic E-state index is 9.30. The first-order valence-corrected chi connectivity index (χ1v) is 5.65. The van der Waals surface area contributed by atoms with Crippen LogP contribution in [0.2, 0.25) is 0 Å². The van der Waals surface area contributed by atoms with Gasteiger partial charge in [0, 0.05) is 22.8 Å². The third-order valence-electron chi connectivity index (χ3n) is 2.11. The molecule has 0 aliphatic rings. The largest absolute Gasteiger partial charge is 0.392 e. The van der Waals surface area contributed by atoms with Crippen molar-refractivity contribution >= 4 is 17.6 Å². The maximum Gasteiger partial charge on any atom is 0.127 e. The lowest BCUT2D eigenvalue weighted by Crippen LogP contribution is -2.15. The predicted octanol–water partition coefficient (Wildman–Crippen LogP) is 1.67. The number of rotatable bonds is 4. The highest BCUT2D eigenvalue weighted by atomic mass is 32.2. The molecule has 0 saturated heterocycles. The van der Waals surface area contributed by atoms with Crippen LogP contribution in [0.15, 0.2) is 18.3 Å². The number of thioether (sulfide) groups is 1.